The molecule has 7 heteroatoms. The summed E-state index contributed by atoms with van der Waals surface area (Å²) in [5.74, 6) is 1.33. The molecule has 0 unspecified atom stereocenters. The summed E-state index contributed by atoms with van der Waals surface area (Å²) in [7, 11) is 1.61. The zero-order valence-corrected chi connectivity index (χ0v) is 13.2. The van der Waals surface area contributed by atoms with Crippen LogP contribution < -0.4 is 10.1 Å². The van der Waals surface area contributed by atoms with Gasteiger partial charge >= 0.3 is 0 Å². The molecule has 1 N–H and O–H groups in total. The molecule has 0 amide bonds. The first-order chi connectivity index (χ1) is 8.60. The number of aromatic nitrogens is 2. The molecule has 0 saturated carbocycles. The highest BCUT2D eigenvalue weighted by Gasteiger charge is 2.08. The van der Waals surface area contributed by atoms with Crippen molar-refractivity contribution in [2.45, 2.75) is 0 Å². The lowest BCUT2D eigenvalue weighted by molar-refractivity contribution is 0.415. The maximum absolute atomic E-state index is 5.90. The molecule has 1 aromatic heterocycles. The molecule has 1 aromatic carbocycles. The van der Waals surface area contributed by atoms with Crippen molar-refractivity contribution < 1.29 is 4.74 Å². The lowest BCUT2D eigenvalue weighted by Crippen LogP contribution is -1.97. The molecule has 0 fully saturated rings. The molecular formula is C11H8Br2ClN3O. The molecule has 4 nitrogen and oxygen atoms in total. The fraction of sp³-hybridized carbons (Fsp3) is 0.0909. The second kappa shape index (κ2) is 5.86. The molecule has 0 atom stereocenters. The molecule has 0 aliphatic carbocycles. The van der Waals surface area contributed by atoms with Crippen LogP contribution in [0.4, 0.5) is 11.5 Å². The summed E-state index contributed by atoms with van der Waals surface area (Å²) in [6.45, 7) is 0. The van der Waals surface area contributed by atoms with Gasteiger partial charge in [0.25, 0.3) is 0 Å². The van der Waals surface area contributed by atoms with Crippen molar-refractivity contribution in [2.75, 3.05) is 12.4 Å². The Morgan fingerprint density at radius 1 is 1.22 bits per heavy atom. The van der Waals surface area contributed by atoms with Crippen molar-refractivity contribution in [3.63, 3.8) is 0 Å². The molecule has 94 valence electrons. The second-order valence-electron chi connectivity index (χ2n) is 3.33. The molecule has 2 rings (SSSR count). The Labute approximate surface area is 126 Å². The Kier molecular flexibility index (Phi) is 4.42. The van der Waals surface area contributed by atoms with Crippen LogP contribution in [0.25, 0.3) is 0 Å². The summed E-state index contributed by atoms with van der Waals surface area (Å²) in [6, 6.07) is 5.63. The molecule has 0 bridgehead atoms. The summed E-state index contributed by atoms with van der Waals surface area (Å²) in [6.07, 6.45) is 1.39. The van der Waals surface area contributed by atoms with Crippen LogP contribution in [0.3, 0.4) is 0 Å². The zero-order valence-electron chi connectivity index (χ0n) is 9.25. The fourth-order valence-electron chi connectivity index (χ4n) is 1.32. The normalized spacial score (nSPS) is 10.2. The maximum Gasteiger partial charge on any atom is 0.149 e. The van der Waals surface area contributed by atoms with Crippen LogP contribution in [0, 0.1) is 0 Å². The smallest absolute Gasteiger partial charge is 0.149 e. The monoisotopic (exact) mass is 391 g/mol. The van der Waals surface area contributed by atoms with E-state index in [0.717, 1.165) is 15.9 Å². The van der Waals surface area contributed by atoms with E-state index in [1.807, 2.05) is 18.2 Å². The van der Waals surface area contributed by atoms with E-state index in [1.165, 1.54) is 6.33 Å². The molecule has 0 aliphatic rings. The number of ether oxygens (including phenoxy) is 1. The summed E-state index contributed by atoms with van der Waals surface area (Å²) in [5.41, 5.74) is 0.830. The highest BCUT2D eigenvalue weighted by atomic mass is 79.9. The number of hydrogen-bond donors (Lipinski definition) is 1. The van der Waals surface area contributed by atoms with Gasteiger partial charge in [0.05, 0.1) is 11.6 Å². The number of nitrogens with zero attached hydrogens (tertiary/aromatic N) is 2. The summed E-state index contributed by atoms with van der Waals surface area (Å²) < 4.78 is 6.71. The molecule has 0 aliphatic heterocycles. The lowest BCUT2D eigenvalue weighted by atomic mass is 10.3. The first kappa shape index (κ1) is 13.6. The van der Waals surface area contributed by atoms with Gasteiger partial charge in [-0.1, -0.05) is 27.5 Å². The van der Waals surface area contributed by atoms with Crippen LogP contribution in [0.1, 0.15) is 0 Å². The average molecular weight is 393 g/mol. The third-order valence-corrected chi connectivity index (χ3v) is 3.84. The first-order valence-corrected chi connectivity index (χ1v) is 6.84. The van der Waals surface area contributed by atoms with E-state index in [9.17, 15) is 0 Å². The summed E-state index contributed by atoms with van der Waals surface area (Å²) >= 11 is 12.6. The predicted molar refractivity (Wildman–Crippen MR) is 78.7 cm³/mol. The topological polar surface area (TPSA) is 47.0 Å². The standard InChI is InChI=1S/C11H8Br2ClN3O/c1-18-8-3-6(12)2-7(4-8)17-11-9(13)10(14)15-5-16-11/h2-5H,1H3,(H,15,16,17). The minimum atomic E-state index is 0.356. The average Bonchev–Trinajstić information content (AvgIpc) is 2.34. The van der Waals surface area contributed by atoms with E-state index in [-0.39, 0.29) is 0 Å². The van der Waals surface area contributed by atoms with Gasteiger partial charge in [0.2, 0.25) is 0 Å². The molecule has 2 aromatic rings. The number of hydrogen-bond acceptors (Lipinski definition) is 4. The Morgan fingerprint density at radius 2 is 2.00 bits per heavy atom. The molecule has 0 spiro atoms. The Hall–Kier alpha value is -0.850. The van der Waals surface area contributed by atoms with Crippen molar-refractivity contribution in [1.82, 2.24) is 9.97 Å². The number of nitrogens with one attached hydrogen (secondary N) is 1. The van der Waals surface area contributed by atoms with Crippen LogP contribution in [0.2, 0.25) is 5.15 Å². The molecule has 18 heavy (non-hydrogen) atoms. The second-order valence-corrected chi connectivity index (χ2v) is 5.40. The van der Waals surface area contributed by atoms with Gasteiger partial charge in [0.15, 0.2) is 0 Å². The first-order valence-electron chi connectivity index (χ1n) is 4.87. The van der Waals surface area contributed by atoms with Crippen molar-refractivity contribution in [1.29, 1.82) is 0 Å². The van der Waals surface area contributed by atoms with Gasteiger partial charge < -0.3 is 10.1 Å². The van der Waals surface area contributed by atoms with Crippen molar-refractivity contribution in [2.24, 2.45) is 0 Å². The molecule has 0 saturated heterocycles. The maximum atomic E-state index is 5.90. The Balaban J connectivity index is 2.34. The van der Waals surface area contributed by atoms with Crippen LogP contribution in [-0.2, 0) is 0 Å². The largest absolute Gasteiger partial charge is 0.497 e. The lowest BCUT2D eigenvalue weighted by Gasteiger charge is -2.10. The van der Waals surface area contributed by atoms with E-state index in [2.05, 4.69) is 47.1 Å². The number of halogens is 3. The highest BCUT2D eigenvalue weighted by molar-refractivity contribution is 9.11. The van der Waals surface area contributed by atoms with E-state index in [0.29, 0.717) is 15.4 Å². The Bertz CT molecular complexity index is 580. The van der Waals surface area contributed by atoms with E-state index < -0.39 is 0 Å². The third-order valence-electron chi connectivity index (χ3n) is 2.12. The van der Waals surface area contributed by atoms with Crippen molar-refractivity contribution in [3.05, 3.63) is 38.6 Å². The van der Waals surface area contributed by atoms with E-state index in [1.54, 1.807) is 7.11 Å². The molecular weight excluding hydrogens is 385 g/mol. The molecule has 0 radical (unpaired) electrons. The SMILES string of the molecule is COc1cc(Br)cc(Nc2ncnc(Cl)c2Br)c1. The summed E-state index contributed by atoms with van der Waals surface area (Å²) in [4.78, 5) is 7.98. The van der Waals surface area contributed by atoms with Crippen LogP contribution in [0.15, 0.2) is 33.5 Å². The van der Waals surface area contributed by atoms with Gasteiger partial charge in [-0.15, -0.1) is 0 Å². The summed E-state index contributed by atoms with van der Waals surface area (Å²) in [5, 5.41) is 3.49. The zero-order chi connectivity index (χ0) is 13.1. The number of methoxy groups -OCH3 is 1. The van der Waals surface area contributed by atoms with Crippen LogP contribution in [-0.4, -0.2) is 17.1 Å². The van der Waals surface area contributed by atoms with Gasteiger partial charge in [-0.3, -0.25) is 0 Å². The van der Waals surface area contributed by atoms with Gasteiger partial charge in [-0.05, 0) is 28.1 Å². The van der Waals surface area contributed by atoms with E-state index in [4.69, 9.17) is 16.3 Å². The minimum absolute atomic E-state index is 0.356. The van der Waals surface area contributed by atoms with Gasteiger partial charge in [0, 0.05) is 16.2 Å². The van der Waals surface area contributed by atoms with Gasteiger partial charge in [0.1, 0.15) is 23.0 Å². The predicted octanol–water partition coefficient (Wildman–Crippen LogP) is 4.41. The Morgan fingerprint density at radius 3 is 2.72 bits per heavy atom. The van der Waals surface area contributed by atoms with Gasteiger partial charge in [-0.25, -0.2) is 9.97 Å². The van der Waals surface area contributed by atoms with Crippen molar-refractivity contribution in [3.8, 4) is 5.75 Å². The van der Waals surface area contributed by atoms with Crippen LogP contribution >= 0.6 is 43.5 Å². The third kappa shape index (κ3) is 3.13. The van der Waals surface area contributed by atoms with E-state index >= 15 is 0 Å². The van der Waals surface area contributed by atoms with Crippen LogP contribution in [0.5, 0.6) is 5.75 Å². The van der Waals surface area contributed by atoms with Gasteiger partial charge in [-0.2, -0.15) is 0 Å². The number of benzene rings is 1. The fourth-order valence-corrected chi connectivity index (χ4v) is 2.23. The highest BCUT2D eigenvalue weighted by Crippen LogP contribution is 2.31. The minimum Gasteiger partial charge on any atom is -0.497 e. The molecule has 1 heterocycles. The number of rotatable bonds is 3. The van der Waals surface area contributed by atoms with Crippen molar-refractivity contribution >= 4 is 55.0 Å². The quantitative estimate of drug-likeness (QED) is 0.785. The number of anilines is 2.